The lowest BCUT2D eigenvalue weighted by Gasteiger charge is -2.55. The Kier molecular flexibility index (Phi) is 5.99. The van der Waals surface area contributed by atoms with Crippen LogP contribution in [0.2, 0.25) is 0 Å². The van der Waals surface area contributed by atoms with Crippen LogP contribution in [0.3, 0.4) is 0 Å². The minimum absolute atomic E-state index is 0.0285. The Labute approximate surface area is 186 Å². The van der Waals surface area contributed by atoms with Crippen LogP contribution in [0.4, 0.5) is 4.79 Å². The first-order valence-electron chi connectivity index (χ1n) is 11.8. The van der Waals surface area contributed by atoms with Crippen molar-refractivity contribution in [2.75, 3.05) is 33.2 Å². The number of ether oxygens (including phenoxy) is 1. The number of amides is 1. The summed E-state index contributed by atoms with van der Waals surface area (Å²) in [5.41, 5.74) is 2.27. The van der Waals surface area contributed by atoms with E-state index in [1.165, 1.54) is 11.1 Å². The summed E-state index contributed by atoms with van der Waals surface area (Å²) in [6, 6.07) is 6.76. The van der Waals surface area contributed by atoms with Gasteiger partial charge in [0.25, 0.3) is 0 Å². The van der Waals surface area contributed by atoms with E-state index in [4.69, 9.17) is 4.74 Å². The van der Waals surface area contributed by atoms with Gasteiger partial charge in [-0.25, -0.2) is 4.79 Å². The van der Waals surface area contributed by atoms with Gasteiger partial charge in [-0.2, -0.15) is 0 Å². The lowest BCUT2D eigenvalue weighted by Crippen LogP contribution is -2.66. The van der Waals surface area contributed by atoms with Crippen LogP contribution in [0.15, 0.2) is 18.2 Å². The molecule has 3 aliphatic rings. The molecule has 2 heterocycles. The number of carbonyl (C=O) groups excluding carboxylic acids is 1. The van der Waals surface area contributed by atoms with Gasteiger partial charge in [0.15, 0.2) is 0 Å². The van der Waals surface area contributed by atoms with E-state index in [0.29, 0.717) is 23.8 Å². The predicted octanol–water partition coefficient (Wildman–Crippen LogP) is 3.52. The maximum atomic E-state index is 12.3. The van der Waals surface area contributed by atoms with Crippen LogP contribution in [-0.2, 0) is 16.6 Å². The van der Waals surface area contributed by atoms with Crippen LogP contribution in [0.5, 0.6) is 5.75 Å². The molecule has 0 radical (unpaired) electrons. The van der Waals surface area contributed by atoms with Gasteiger partial charge in [-0.3, -0.25) is 0 Å². The molecule has 6 heteroatoms. The van der Waals surface area contributed by atoms with Crippen molar-refractivity contribution < 1.29 is 14.6 Å². The van der Waals surface area contributed by atoms with Crippen LogP contribution in [0.1, 0.15) is 58.1 Å². The number of phenols is 1. The molecule has 1 aromatic rings. The second-order valence-corrected chi connectivity index (χ2v) is 11.1. The van der Waals surface area contributed by atoms with Crippen molar-refractivity contribution in [3.05, 3.63) is 29.3 Å². The average Bonchev–Trinajstić information content (AvgIpc) is 2.70. The molecule has 1 amide bonds. The lowest BCUT2D eigenvalue weighted by molar-refractivity contribution is 0.0174. The maximum Gasteiger partial charge on any atom is 0.410 e. The number of nitrogens with zero attached hydrogens (tertiary/aromatic N) is 2. The van der Waals surface area contributed by atoms with Crippen LogP contribution >= 0.6 is 0 Å². The Balaban J connectivity index is 1.39. The number of benzene rings is 1. The summed E-state index contributed by atoms with van der Waals surface area (Å²) in [6.45, 7) is 11.7. The zero-order chi connectivity index (χ0) is 22.4. The van der Waals surface area contributed by atoms with Gasteiger partial charge in [0, 0.05) is 30.6 Å². The van der Waals surface area contributed by atoms with E-state index in [1.54, 1.807) is 0 Å². The van der Waals surface area contributed by atoms with Crippen molar-refractivity contribution in [1.29, 1.82) is 0 Å². The molecular formula is C25H39N3O3. The Bertz CT molecular complexity index is 813. The second kappa shape index (κ2) is 8.28. The van der Waals surface area contributed by atoms with Gasteiger partial charge in [0.05, 0.1) is 0 Å². The van der Waals surface area contributed by atoms with Gasteiger partial charge in [-0.1, -0.05) is 13.0 Å². The molecule has 3 atom stereocenters. The number of piperidine rings is 2. The molecule has 1 aromatic carbocycles. The molecule has 0 spiro atoms. The molecule has 1 aliphatic carbocycles. The fourth-order valence-corrected chi connectivity index (χ4v) is 5.79. The van der Waals surface area contributed by atoms with E-state index in [0.717, 1.165) is 51.9 Å². The Hall–Kier alpha value is -1.79. The molecule has 2 fully saturated rings. The summed E-state index contributed by atoms with van der Waals surface area (Å²) in [5.74, 6) is 0.935. The highest BCUT2D eigenvalue weighted by Gasteiger charge is 2.49. The van der Waals surface area contributed by atoms with E-state index in [9.17, 15) is 9.90 Å². The average molecular weight is 430 g/mol. The van der Waals surface area contributed by atoms with Gasteiger partial charge in [-0.15, -0.1) is 0 Å². The van der Waals surface area contributed by atoms with E-state index in [-0.39, 0.29) is 11.5 Å². The minimum atomic E-state index is -0.444. The van der Waals surface area contributed by atoms with Gasteiger partial charge < -0.3 is 25.0 Å². The second-order valence-electron chi connectivity index (χ2n) is 11.1. The topological polar surface area (TPSA) is 65.0 Å². The fourth-order valence-electron chi connectivity index (χ4n) is 5.79. The molecule has 6 nitrogen and oxygen atoms in total. The quantitative estimate of drug-likeness (QED) is 0.770. The number of hydrogen-bond acceptors (Lipinski definition) is 5. The fraction of sp³-hybridized carbons (Fsp3) is 0.720. The normalized spacial score (nSPS) is 29.5. The van der Waals surface area contributed by atoms with Gasteiger partial charge in [0.2, 0.25) is 0 Å². The molecular weight excluding hydrogens is 390 g/mol. The third-order valence-electron chi connectivity index (χ3n) is 7.65. The standard InChI is InChI=1S/C25H39N3O3/c1-24(2,3)31-23(30)28-11-8-17(9-12-28)16-26-22-21-14-18-6-7-19(29)15-20(18)25(22,4)10-13-27(21)5/h6-7,15,17,21-22,26,29H,8-14,16H2,1-5H3/t21?,22-,25+/m0/s1. The molecule has 2 saturated heterocycles. The van der Waals surface area contributed by atoms with Crippen molar-refractivity contribution in [2.45, 2.75) is 76.5 Å². The zero-order valence-corrected chi connectivity index (χ0v) is 19.8. The number of hydrogen-bond donors (Lipinski definition) is 2. The van der Waals surface area contributed by atoms with Crippen molar-refractivity contribution >= 4 is 6.09 Å². The molecule has 2 bridgehead atoms. The van der Waals surface area contributed by atoms with Crippen LogP contribution in [-0.4, -0.2) is 71.9 Å². The van der Waals surface area contributed by atoms with Gasteiger partial charge >= 0.3 is 6.09 Å². The Morgan fingerprint density at radius 3 is 2.65 bits per heavy atom. The van der Waals surface area contributed by atoms with Crippen molar-refractivity contribution in [2.24, 2.45) is 5.92 Å². The van der Waals surface area contributed by atoms with Crippen LogP contribution < -0.4 is 5.32 Å². The summed E-state index contributed by atoms with van der Waals surface area (Å²) in [6.07, 6.45) is 3.94. The van der Waals surface area contributed by atoms with Gasteiger partial charge in [0.1, 0.15) is 11.4 Å². The summed E-state index contributed by atoms with van der Waals surface area (Å²) in [7, 11) is 2.24. The summed E-state index contributed by atoms with van der Waals surface area (Å²) < 4.78 is 5.53. The first-order chi connectivity index (χ1) is 14.6. The number of phenolic OH excluding ortho intramolecular Hbond substituents is 1. The monoisotopic (exact) mass is 429 g/mol. The van der Waals surface area contributed by atoms with E-state index in [1.807, 2.05) is 37.8 Å². The lowest BCUT2D eigenvalue weighted by atomic mass is 9.61. The van der Waals surface area contributed by atoms with Gasteiger partial charge in [-0.05, 0) is 95.8 Å². The SMILES string of the molecule is CN1CC[C@]2(C)c3cc(O)ccc3CC1[C@@H]2NCC1CCN(C(=O)OC(C)(C)C)CC1. The van der Waals surface area contributed by atoms with Crippen LogP contribution in [0.25, 0.3) is 0 Å². The number of rotatable bonds is 3. The number of fused-ring (bicyclic) bond motifs is 4. The highest BCUT2D eigenvalue weighted by atomic mass is 16.6. The van der Waals surface area contributed by atoms with E-state index >= 15 is 0 Å². The third-order valence-corrected chi connectivity index (χ3v) is 7.65. The summed E-state index contributed by atoms with van der Waals surface area (Å²) >= 11 is 0. The smallest absolute Gasteiger partial charge is 0.410 e. The molecule has 1 unspecified atom stereocenters. The first kappa shape index (κ1) is 22.4. The van der Waals surface area contributed by atoms with Crippen molar-refractivity contribution in [1.82, 2.24) is 15.1 Å². The molecule has 31 heavy (non-hydrogen) atoms. The third kappa shape index (κ3) is 4.56. The first-order valence-corrected chi connectivity index (χ1v) is 11.8. The zero-order valence-electron chi connectivity index (χ0n) is 19.8. The maximum absolute atomic E-state index is 12.3. The van der Waals surface area contributed by atoms with E-state index < -0.39 is 5.60 Å². The molecule has 2 aliphatic heterocycles. The van der Waals surface area contributed by atoms with E-state index in [2.05, 4.69) is 30.3 Å². The highest BCUT2D eigenvalue weighted by Crippen LogP contribution is 2.45. The number of likely N-dealkylation sites (tertiary alicyclic amines) is 2. The minimum Gasteiger partial charge on any atom is -0.508 e. The highest BCUT2D eigenvalue weighted by molar-refractivity contribution is 5.68. The van der Waals surface area contributed by atoms with Crippen molar-refractivity contribution in [3.63, 3.8) is 0 Å². The Morgan fingerprint density at radius 1 is 1.26 bits per heavy atom. The molecule has 2 N–H and O–H groups in total. The molecule has 0 aromatic heterocycles. The van der Waals surface area contributed by atoms with Crippen molar-refractivity contribution in [3.8, 4) is 5.75 Å². The molecule has 4 rings (SSSR count). The van der Waals surface area contributed by atoms with Crippen LogP contribution in [0, 0.1) is 5.92 Å². The number of carbonyl (C=O) groups is 1. The number of likely N-dealkylation sites (N-methyl/N-ethyl adjacent to an activating group) is 1. The Morgan fingerprint density at radius 2 is 1.97 bits per heavy atom. The molecule has 172 valence electrons. The summed E-state index contributed by atoms with van der Waals surface area (Å²) in [5, 5.41) is 14.1. The number of aromatic hydroxyl groups is 1. The largest absolute Gasteiger partial charge is 0.508 e. The predicted molar refractivity (Wildman–Crippen MR) is 123 cm³/mol. The molecule has 0 saturated carbocycles. The summed E-state index contributed by atoms with van der Waals surface area (Å²) in [4.78, 5) is 16.7. The number of nitrogens with one attached hydrogen (secondary N) is 1.